The zero-order valence-corrected chi connectivity index (χ0v) is 12.4. The van der Waals surface area contributed by atoms with Crippen LogP contribution in [-0.4, -0.2) is 52.5 Å². The molecule has 1 aromatic heterocycles. The fraction of sp³-hybridized carbons (Fsp3) is 0.714. The number of amides is 1. The Labute approximate surface area is 118 Å². The molecule has 2 heterocycles. The summed E-state index contributed by atoms with van der Waals surface area (Å²) in [5.41, 5.74) is 1.94. The molecule has 1 saturated heterocycles. The number of likely N-dealkylation sites (tertiary alicyclic amines) is 1. The third-order valence-corrected chi connectivity index (χ3v) is 3.56. The van der Waals surface area contributed by atoms with Crippen molar-refractivity contribution < 1.29 is 13.9 Å². The fourth-order valence-corrected chi connectivity index (χ4v) is 2.59. The second-order valence-corrected chi connectivity index (χ2v) is 5.59. The van der Waals surface area contributed by atoms with Crippen molar-refractivity contribution in [3.05, 3.63) is 17.0 Å². The number of H-pyrrole nitrogens is 1. The summed E-state index contributed by atoms with van der Waals surface area (Å²) < 4.78 is 19.7. The van der Waals surface area contributed by atoms with Crippen LogP contribution in [0.3, 0.4) is 0 Å². The van der Waals surface area contributed by atoms with Crippen LogP contribution in [0.5, 0.6) is 0 Å². The van der Waals surface area contributed by atoms with Crippen molar-refractivity contribution in [1.29, 1.82) is 0 Å². The van der Waals surface area contributed by atoms with Gasteiger partial charge in [0.1, 0.15) is 6.17 Å². The predicted molar refractivity (Wildman–Crippen MR) is 73.5 cm³/mol. The minimum absolute atomic E-state index is 0.00105. The molecule has 0 aromatic carbocycles. The number of piperidine rings is 1. The summed E-state index contributed by atoms with van der Waals surface area (Å²) in [6.45, 7) is 7.96. The molecule has 0 spiro atoms. The van der Waals surface area contributed by atoms with Crippen molar-refractivity contribution in [1.82, 2.24) is 15.1 Å². The second kappa shape index (κ2) is 5.91. The van der Waals surface area contributed by atoms with Crippen molar-refractivity contribution in [2.24, 2.45) is 0 Å². The number of alkyl halides is 1. The number of ether oxygens (including phenoxy) is 1. The summed E-state index contributed by atoms with van der Waals surface area (Å²) in [6, 6.07) is 0. The molecule has 0 bridgehead atoms. The second-order valence-electron chi connectivity index (χ2n) is 5.59. The summed E-state index contributed by atoms with van der Waals surface area (Å²) >= 11 is 0. The maximum Gasteiger partial charge on any atom is 0.257 e. The zero-order valence-electron chi connectivity index (χ0n) is 12.4. The van der Waals surface area contributed by atoms with Crippen LogP contribution in [0, 0.1) is 13.8 Å². The van der Waals surface area contributed by atoms with E-state index in [2.05, 4.69) is 10.2 Å². The topological polar surface area (TPSA) is 58.2 Å². The zero-order chi connectivity index (χ0) is 14.9. The molecule has 1 aliphatic rings. The lowest BCUT2D eigenvalue weighted by Crippen LogP contribution is -2.48. The molecule has 2 rings (SSSR count). The molecule has 20 heavy (non-hydrogen) atoms. The molecule has 0 unspecified atom stereocenters. The Bertz CT molecular complexity index is 467. The van der Waals surface area contributed by atoms with Crippen LogP contribution in [0.2, 0.25) is 0 Å². The van der Waals surface area contributed by atoms with Gasteiger partial charge >= 0.3 is 0 Å². The number of nitrogens with one attached hydrogen (secondary N) is 1. The van der Waals surface area contributed by atoms with E-state index >= 15 is 0 Å². The Morgan fingerprint density at radius 1 is 1.50 bits per heavy atom. The first-order valence-corrected chi connectivity index (χ1v) is 7.00. The Kier molecular flexibility index (Phi) is 4.42. The van der Waals surface area contributed by atoms with Crippen molar-refractivity contribution in [3.63, 3.8) is 0 Å². The predicted octanol–water partition coefficient (Wildman–Crippen LogP) is 2.00. The Hall–Kier alpha value is -1.43. The minimum Gasteiger partial charge on any atom is -0.372 e. The van der Waals surface area contributed by atoms with Crippen molar-refractivity contribution >= 4 is 5.91 Å². The van der Waals surface area contributed by atoms with E-state index < -0.39 is 12.3 Å². The van der Waals surface area contributed by atoms with E-state index in [1.165, 1.54) is 0 Å². The fourth-order valence-electron chi connectivity index (χ4n) is 2.59. The summed E-state index contributed by atoms with van der Waals surface area (Å²) in [5, 5.41) is 6.80. The number of aromatic nitrogens is 2. The lowest BCUT2D eigenvalue weighted by atomic mass is 10.0. The highest BCUT2D eigenvalue weighted by molar-refractivity contribution is 5.96. The standard InChI is InChI=1S/C14H22FN3O2/c1-8(2)20-12-5-6-18(7-11(12)15)14(19)13-9(3)16-17-10(13)4/h8,11-12H,5-7H2,1-4H3,(H,16,17)/t11-,12+/m1/s1. The van der Waals surface area contributed by atoms with Crippen molar-refractivity contribution in [2.45, 2.75) is 52.5 Å². The normalized spacial score (nSPS) is 23.4. The number of hydrogen-bond donors (Lipinski definition) is 1. The maximum absolute atomic E-state index is 14.1. The number of carbonyl (C=O) groups is 1. The van der Waals surface area contributed by atoms with Gasteiger partial charge in [0.25, 0.3) is 5.91 Å². The van der Waals surface area contributed by atoms with Crippen LogP contribution in [0.25, 0.3) is 0 Å². The summed E-state index contributed by atoms with van der Waals surface area (Å²) in [5.74, 6) is -0.153. The molecule has 1 N–H and O–H groups in total. The maximum atomic E-state index is 14.1. The van der Waals surface area contributed by atoms with Gasteiger partial charge in [-0.15, -0.1) is 0 Å². The first kappa shape index (κ1) is 15.0. The molecule has 1 aliphatic heterocycles. The van der Waals surface area contributed by atoms with Gasteiger partial charge in [0.2, 0.25) is 0 Å². The van der Waals surface area contributed by atoms with Gasteiger partial charge in [0.15, 0.2) is 0 Å². The highest BCUT2D eigenvalue weighted by Gasteiger charge is 2.34. The molecule has 0 saturated carbocycles. The molecular formula is C14H22FN3O2. The number of halogens is 1. The molecule has 5 nitrogen and oxygen atoms in total. The van der Waals surface area contributed by atoms with Crippen LogP contribution in [0.4, 0.5) is 4.39 Å². The van der Waals surface area contributed by atoms with Gasteiger partial charge in [-0.3, -0.25) is 9.89 Å². The van der Waals surface area contributed by atoms with Gasteiger partial charge in [-0.05, 0) is 34.1 Å². The van der Waals surface area contributed by atoms with E-state index in [1.54, 1.807) is 18.7 Å². The summed E-state index contributed by atoms with van der Waals surface area (Å²) in [4.78, 5) is 14.0. The highest BCUT2D eigenvalue weighted by Crippen LogP contribution is 2.22. The van der Waals surface area contributed by atoms with Crippen LogP contribution in [0.1, 0.15) is 42.0 Å². The van der Waals surface area contributed by atoms with Crippen LogP contribution in [0.15, 0.2) is 0 Å². The van der Waals surface area contributed by atoms with E-state index in [9.17, 15) is 9.18 Å². The lowest BCUT2D eigenvalue weighted by molar-refractivity contribution is -0.0666. The van der Waals surface area contributed by atoms with Crippen molar-refractivity contribution in [2.75, 3.05) is 13.1 Å². The van der Waals surface area contributed by atoms with E-state index in [4.69, 9.17) is 4.74 Å². The molecule has 1 fully saturated rings. The molecule has 0 radical (unpaired) electrons. The molecule has 1 aromatic rings. The summed E-state index contributed by atoms with van der Waals surface area (Å²) in [7, 11) is 0. The average Bonchev–Trinajstić information content (AvgIpc) is 2.70. The molecule has 6 heteroatoms. The van der Waals surface area contributed by atoms with E-state index in [0.717, 1.165) is 5.69 Å². The SMILES string of the molecule is Cc1n[nH]c(C)c1C(=O)N1CC[C@H](OC(C)C)[C@H](F)C1. The van der Waals surface area contributed by atoms with Crippen LogP contribution in [-0.2, 0) is 4.74 Å². The minimum atomic E-state index is -1.14. The summed E-state index contributed by atoms with van der Waals surface area (Å²) in [6.07, 6.45) is -1.02. The third-order valence-electron chi connectivity index (χ3n) is 3.56. The smallest absolute Gasteiger partial charge is 0.257 e. The molecule has 112 valence electrons. The Balaban J connectivity index is 2.04. The van der Waals surface area contributed by atoms with Crippen LogP contribution < -0.4 is 0 Å². The quantitative estimate of drug-likeness (QED) is 0.923. The van der Waals surface area contributed by atoms with Gasteiger partial charge in [0, 0.05) is 12.2 Å². The molecule has 0 aliphatic carbocycles. The average molecular weight is 283 g/mol. The Morgan fingerprint density at radius 2 is 2.20 bits per heavy atom. The first-order chi connectivity index (χ1) is 9.40. The number of aryl methyl sites for hydroxylation is 2. The van der Waals surface area contributed by atoms with Gasteiger partial charge in [-0.1, -0.05) is 0 Å². The number of rotatable bonds is 3. The number of aromatic amines is 1. The van der Waals surface area contributed by atoms with Crippen LogP contribution >= 0.6 is 0 Å². The molecule has 1 amide bonds. The Morgan fingerprint density at radius 3 is 2.70 bits per heavy atom. The van der Waals surface area contributed by atoms with Gasteiger partial charge in [0.05, 0.1) is 30.0 Å². The molecular weight excluding hydrogens is 261 g/mol. The largest absolute Gasteiger partial charge is 0.372 e. The van der Waals surface area contributed by atoms with Gasteiger partial charge in [-0.2, -0.15) is 5.10 Å². The van der Waals surface area contributed by atoms with Gasteiger partial charge < -0.3 is 9.64 Å². The van der Waals surface area contributed by atoms with Crippen molar-refractivity contribution in [3.8, 4) is 0 Å². The monoisotopic (exact) mass is 283 g/mol. The number of carbonyl (C=O) groups excluding carboxylic acids is 1. The molecule has 2 atom stereocenters. The van der Waals surface area contributed by atoms with E-state index in [-0.39, 0.29) is 18.6 Å². The number of nitrogens with zero attached hydrogens (tertiary/aromatic N) is 2. The third kappa shape index (κ3) is 3.00. The van der Waals surface area contributed by atoms with Gasteiger partial charge in [-0.25, -0.2) is 4.39 Å². The lowest BCUT2D eigenvalue weighted by Gasteiger charge is -2.35. The highest BCUT2D eigenvalue weighted by atomic mass is 19.1. The number of hydrogen-bond acceptors (Lipinski definition) is 3. The van der Waals surface area contributed by atoms with E-state index in [0.29, 0.717) is 24.2 Å². The van der Waals surface area contributed by atoms with E-state index in [1.807, 2.05) is 13.8 Å². The first-order valence-electron chi connectivity index (χ1n) is 7.00.